The van der Waals surface area contributed by atoms with E-state index in [0.717, 1.165) is 52.1 Å². The van der Waals surface area contributed by atoms with Crippen molar-refractivity contribution in [3.63, 3.8) is 0 Å². The first-order chi connectivity index (χ1) is 13.1. The standard InChI is InChI=1S/C19H26ClN3O4.ClH/c20-15-9-14(17-18(16(15)21)27-8-7-26-17)19(24)22-13-1-4-23(5-2-13)10-12-3-6-25-11-12;/h9,12-13H,1-8,10-11,21H2,(H,22,24);1H. The third kappa shape index (κ3) is 4.59. The highest BCUT2D eigenvalue weighted by Gasteiger charge is 2.28. The van der Waals surface area contributed by atoms with Crippen LogP contribution < -0.4 is 20.5 Å². The summed E-state index contributed by atoms with van der Waals surface area (Å²) in [5.41, 5.74) is 6.65. The van der Waals surface area contributed by atoms with E-state index in [1.54, 1.807) is 6.07 Å². The zero-order chi connectivity index (χ0) is 18.8. The normalized spacial score (nSPS) is 22.5. The molecule has 0 aliphatic carbocycles. The molecule has 3 aliphatic heterocycles. The Labute approximate surface area is 176 Å². The average Bonchev–Trinajstić information content (AvgIpc) is 3.19. The molecule has 1 atom stereocenters. The zero-order valence-corrected chi connectivity index (χ0v) is 17.3. The van der Waals surface area contributed by atoms with Crippen LogP contribution in [-0.2, 0) is 4.74 Å². The molecule has 9 heteroatoms. The molecule has 2 saturated heterocycles. The van der Waals surface area contributed by atoms with Crippen LogP contribution >= 0.6 is 24.0 Å². The van der Waals surface area contributed by atoms with Gasteiger partial charge in [-0.1, -0.05) is 11.6 Å². The van der Waals surface area contributed by atoms with Gasteiger partial charge in [-0.15, -0.1) is 12.4 Å². The Bertz CT molecular complexity index is 705. The largest absolute Gasteiger partial charge is 0.485 e. The summed E-state index contributed by atoms with van der Waals surface area (Å²) in [6.07, 6.45) is 3.02. The van der Waals surface area contributed by atoms with Gasteiger partial charge in [0, 0.05) is 32.3 Å². The summed E-state index contributed by atoms with van der Waals surface area (Å²) in [5.74, 6) is 1.21. The minimum Gasteiger partial charge on any atom is -0.485 e. The zero-order valence-electron chi connectivity index (χ0n) is 15.7. The van der Waals surface area contributed by atoms with E-state index >= 15 is 0 Å². The number of anilines is 1. The van der Waals surface area contributed by atoms with Crippen LogP contribution in [0.4, 0.5) is 5.69 Å². The number of carbonyl (C=O) groups excluding carboxylic acids is 1. The molecule has 156 valence electrons. The van der Waals surface area contributed by atoms with Crippen molar-refractivity contribution in [1.82, 2.24) is 10.2 Å². The first-order valence-corrected chi connectivity index (χ1v) is 9.98. The molecule has 4 rings (SSSR count). The van der Waals surface area contributed by atoms with Crippen LogP contribution in [0.3, 0.4) is 0 Å². The molecule has 1 unspecified atom stereocenters. The van der Waals surface area contributed by atoms with Gasteiger partial charge >= 0.3 is 0 Å². The van der Waals surface area contributed by atoms with E-state index in [9.17, 15) is 4.79 Å². The van der Waals surface area contributed by atoms with Gasteiger partial charge in [0.05, 0.1) is 22.9 Å². The first kappa shape index (κ1) is 21.3. The van der Waals surface area contributed by atoms with Crippen molar-refractivity contribution in [2.75, 3.05) is 51.8 Å². The number of halogens is 2. The Hall–Kier alpha value is -1.41. The number of rotatable bonds is 4. The van der Waals surface area contributed by atoms with Gasteiger partial charge in [-0.05, 0) is 31.2 Å². The molecule has 0 aromatic heterocycles. The molecule has 3 heterocycles. The third-order valence-electron chi connectivity index (χ3n) is 5.51. The second-order valence-corrected chi connectivity index (χ2v) is 7.86. The first-order valence-electron chi connectivity index (χ1n) is 9.60. The number of nitrogens with zero attached hydrogens (tertiary/aromatic N) is 1. The second-order valence-electron chi connectivity index (χ2n) is 7.45. The van der Waals surface area contributed by atoms with Gasteiger partial charge in [-0.2, -0.15) is 0 Å². The Morgan fingerprint density at radius 2 is 1.89 bits per heavy atom. The van der Waals surface area contributed by atoms with Crippen LogP contribution in [0.1, 0.15) is 29.6 Å². The third-order valence-corrected chi connectivity index (χ3v) is 5.82. The minimum atomic E-state index is -0.193. The van der Waals surface area contributed by atoms with Gasteiger partial charge in [-0.3, -0.25) is 4.79 Å². The predicted molar refractivity (Wildman–Crippen MR) is 110 cm³/mol. The summed E-state index contributed by atoms with van der Waals surface area (Å²) in [7, 11) is 0. The number of piperidine rings is 1. The number of nitrogens with two attached hydrogens (primary N) is 1. The van der Waals surface area contributed by atoms with E-state index in [2.05, 4.69) is 10.2 Å². The Balaban J connectivity index is 0.00000225. The van der Waals surface area contributed by atoms with Gasteiger partial charge in [0.1, 0.15) is 13.2 Å². The number of nitrogen functional groups attached to an aromatic ring is 1. The van der Waals surface area contributed by atoms with Crippen molar-refractivity contribution in [1.29, 1.82) is 0 Å². The van der Waals surface area contributed by atoms with Crippen LogP contribution in [0.5, 0.6) is 11.5 Å². The Kier molecular flexibility index (Phi) is 7.15. The van der Waals surface area contributed by atoms with Gasteiger partial charge in [0.2, 0.25) is 0 Å². The van der Waals surface area contributed by atoms with Crippen LogP contribution in [0.25, 0.3) is 0 Å². The average molecular weight is 432 g/mol. The van der Waals surface area contributed by atoms with E-state index in [0.29, 0.717) is 46.9 Å². The maximum atomic E-state index is 12.8. The fourth-order valence-electron chi connectivity index (χ4n) is 3.98. The number of amides is 1. The number of fused-ring (bicyclic) bond motifs is 1. The van der Waals surface area contributed by atoms with Gasteiger partial charge in [0.15, 0.2) is 11.5 Å². The van der Waals surface area contributed by atoms with Gasteiger partial charge in [0.25, 0.3) is 5.91 Å². The van der Waals surface area contributed by atoms with E-state index in [-0.39, 0.29) is 24.4 Å². The van der Waals surface area contributed by atoms with Gasteiger partial charge in [-0.25, -0.2) is 0 Å². The molecule has 1 aromatic carbocycles. The van der Waals surface area contributed by atoms with Crippen molar-refractivity contribution in [2.45, 2.75) is 25.3 Å². The van der Waals surface area contributed by atoms with Crippen LogP contribution in [0.2, 0.25) is 5.02 Å². The van der Waals surface area contributed by atoms with Crippen molar-refractivity contribution >= 4 is 35.6 Å². The Morgan fingerprint density at radius 1 is 1.18 bits per heavy atom. The lowest BCUT2D eigenvalue weighted by Crippen LogP contribution is -2.46. The summed E-state index contributed by atoms with van der Waals surface area (Å²) in [5, 5.41) is 3.42. The molecule has 3 N–H and O–H groups in total. The van der Waals surface area contributed by atoms with Crippen molar-refractivity contribution in [3.8, 4) is 11.5 Å². The predicted octanol–water partition coefficient (Wildman–Crippen LogP) is 2.35. The molecular formula is C19H27Cl2N3O4. The van der Waals surface area contributed by atoms with Crippen LogP contribution in [-0.4, -0.2) is 62.9 Å². The molecular weight excluding hydrogens is 405 g/mol. The molecule has 0 radical (unpaired) electrons. The molecule has 1 amide bonds. The van der Waals surface area contributed by atoms with Crippen LogP contribution in [0.15, 0.2) is 6.07 Å². The minimum absolute atomic E-state index is 0. The number of likely N-dealkylation sites (tertiary alicyclic amines) is 1. The van der Waals surface area contributed by atoms with E-state index in [4.69, 9.17) is 31.5 Å². The molecule has 2 fully saturated rings. The summed E-state index contributed by atoms with van der Waals surface area (Å²) in [6, 6.07) is 1.71. The monoisotopic (exact) mass is 431 g/mol. The highest BCUT2D eigenvalue weighted by molar-refractivity contribution is 6.34. The SMILES string of the molecule is Cl.Nc1c(Cl)cc(C(=O)NC2CCN(CC3CCOC3)CC2)c2c1OCCO2. The summed E-state index contributed by atoms with van der Waals surface area (Å²) in [6.45, 7) is 5.61. The Morgan fingerprint density at radius 3 is 2.57 bits per heavy atom. The smallest absolute Gasteiger partial charge is 0.255 e. The molecule has 1 aromatic rings. The van der Waals surface area contributed by atoms with Crippen molar-refractivity contribution in [3.05, 3.63) is 16.7 Å². The van der Waals surface area contributed by atoms with Crippen LogP contribution in [0, 0.1) is 5.92 Å². The molecule has 7 nitrogen and oxygen atoms in total. The lowest BCUT2D eigenvalue weighted by atomic mass is 10.0. The number of benzene rings is 1. The molecule has 3 aliphatic rings. The van der Waals surface area contributed by atoms with Crippen molar-refractivity contribution < 1.29 is 19.0 Å². The molecule has 0 spiro atoms. The van der Waals surface area contributed by atoms with E-state index in [1.165, 1.54) is 0 Å². The highest BCUT2D eigenvalue weighted by Crippen LogP contribution is 2.43. The summed E-state index contributed by atoms with van der Waals surface area (Å²) >= 11 is 6.18. The van der Waals surface area contributed by atoms with E-state index < -0.39 is 0 Å². The number of nitrogens with one attached hydrogen (secondary N) is 1. The number of hydrogen-bond acceptors (Lipinski definition) is 6. The lowest BCUT2D eigenvalue weighted by molar-refractivity contribution is 0.0893. The lowest BCUT2D eigenvalue weighted by Gasteiger charge is -2.33. The van der Waals surface area contributed by atoms with E-state index in [1.807, 2.05) is 0 Å². The maximum absolute atomic E-state index is 12.8. The number of hydrogen-bond donors (Lipinski definition) is 2. The number of carbonyl (C=O) groups is 1. The summed E-state index contributed by atoms with van der Waals surface area (Å²) < 4.78 is 16.7. The topological polar surface area (TPSA) is 86.1 Å². The second kappa shape index (κ2) is 9.39. The maximum Gasteiger partial charge on any atom is 0.255 e. The molecule has 28 heavy (non-hydrogen) atoms. The fourth-order valence-corrected chi connectivity index (χ4v) is 4.18. The molecule has 0 bridgehead atoms. The number of ether oxygens (including phenoxy) is 3. The summed E-state index contributed by atoms with van der Waals surface area (Å²) in [4.78, 5) is 15.3. The molecule has 0 saturated carbocycles. The van der Waals surface area contributed by atoms with Gasteiger partial charge < -0.3 is 30.2 Å². The quantitative estimate of drug-likeness (QED) is 0.711. The fraction of sp³-hybridized carbons (Fsp3) is 0.632. The highest BCUT2D eigenvalue weighted by atomic mass is 35.5. The van der Waals surface area contributed by atoms with Crippen molar-refractivity contribution in [2.24, 2.45) is 5.92 Å².